The standard InChI is InChI=1S/C7H10N4O4/c12-6(13)4-15-2-1-8-7(14)5-3-9-11-10-5/h3H,1-2,4H2,(H,8,14)(H,12,13)(H,9,10,11). The van der Waals surface area contributed by atoms with Crippen molar-refractivity contribution < 1.29 is 19.4 Å². The van der Waals surface area contributed by atoms with Crippen molar-refractivity contribution in [2.24, 2.45) is 0 Å². The zero-order valence-electron chi connectivity index (χ0n) is 7.77. The van der Waals surface area contributed by atoms with Gasteiger partial charge in [-0.2, -0.15) is 15.4 Å². The van der Waals surface area contributed by atoms with Gasteiger partial charge in [-0.1, -0.05) is 0 Å². The monoisotopic (exact) mass is 214 g/mol. The number of amides is 1. The lowest BCUT2D eigenvalue weighted by molar-refractivity contribution is -0.142. The fraction of sp³-hybridized carbons (Fsp3) is 0.429. The Morgan fingerprint density at radius 2 is 2.40 bits per heavy atom. The van der Waals surface area contributed by atoms with E-state index in [1.54, 1.807) is 0 Å². The van der Waals surface area contributed by atoms with Crippen LogP contribution in [0, 0.1) is 0 Å². The molecule has 0 saturated heterocycles. The molecule has 1 aromatic rings. The van der Waals surface area contributed by atoms with Gasteiger partial charge in [-0.15, -0.1) is 0 Å². The van der Waals surface area contributed by atoms with E-state index in [9.17, 15) is 9.59 Å². The van der Waals surface area contributed by atoms with Crippen molar-refractivity contribution in [2.45, 2.75) is 0 Å². The lowest BCUT2D eigenvalue weighted by atomic mass is 10.4. The molecule has 15 heavy (non-hydrogen) atoms. The number of H-pyrrole nitrogens is 1. The van der Waals surface area contributed by atoms with Gasteiger partial charge in [-0.3, -0.25) is 4.79 Å². The molecular formula is C7H10N4O4. The predicted molar refractivity (Wildman–Crippen MR) is 47.2 cm³/mol. The topological polar surface area (TPSA) is 117 Å². The Bertz CT molecular complexity index is 324. The molecule has 3 N–H and O–H groups in total. The normalized spacial score (nSPS) is 9.87. The van der Waals surface area contributed by atoms with Crippen molar-refractivity contribution in [1.29, 1.82) is 0 Å². The van der Waals surface area contributed by atoms with Gasteiger partial charge >= 0.3 is 5.97 Å². The van der Waals surface area contributed by atoms with Crippen LogP contribution in [0.3, 0.4) is 0 Å². The van der Waals surface area contributed by atoms with Crippen LogP contribution in [0.4, 0.5) is 0 Å². The van der Waals surface area contributed by atoms with E-state index in [2.05, 4.69) is 20.7 Å². The van der Waals surface area contributed by atoms with Gasteiger partial charge in [0.05, 0.1) is 12.8 Å². The number of aliphatic carboxylic acids is 1. The molecule has 0 saturated carbocycles. The molecule has 0 atom stereocenters. The number of ether oxygens (including phenoxy) is 1. The van der Waals surface area contributed by atoms with Crippen molar-refractivity contribution in [1.82, 2.24) is 20.7 Å². The lowest BCUT2D eigenvalue weighted by Gasteiger charge is -2.02. The van der Waals surface area contributed by atoms with E-state index in [1.165, 1.54) is 6.20 Å². The highest BCUT2D eigenvalue weighted by Gasteiger charge is 2.06. The largest absolute Gasteiger partial charge is 0.480 e. The molecular weight excluding hydrogens is 204 g/mol. The maximum atomic E-state index is 11.2. The van der Waals surface area contributed by atoms with Gasteiger partial charge in [0.25, 0.3) is 5.91 Å². The maximum Gasteiger partial charge on any atom is 0.329 e. The average Bonchev–Trinajstić information content (AvgIpc) is 2.69. The van der Waals surface area contributed by atoms with Crippen LogP contribution in [0.25, 0.3) is 0 Å². The van der Waals surface area contributed by atoms with Crippen LogP contribution in [0.5, 0.6) is 0 Å². The first-order chi connectivity index (χ1) is 7.20. The number of carbonyl (C=O) groups is 2. The predicted octanol–water partition coefficient (Wildman–Crippen LogP) is -1.36. The number of carboxylic acids is 1. The Kier molecular flexibility index (Phi) is 4.23. The first kappa shape index (κ1) is 11.1. The molecule has 1 amide bonds. The van der Waals surface area contributed by atoms with Crippen LogP contribution in [0.2, 0.25) is 0 Å². The number of rotatable bonds is 6. The number of aromatic nitrogens is 3. The van der Waals surface area contributed by atoms with Crippen molar-refractivity contribution in [3.8, 4) is 0 Å². The van der Waals surface area contributed by atoms with Gasteiger partial charge in [0.15, 0.2) is 5.69 Å². The first-order valence-corrected chi connectivity index (χ1v) is 4.13. The number of hydrogen-bond acceptors (Lipinski definition) is 5. The van der Waals surface area contributed by atoms with Crippen LogP contribution in [-0.2, 0) is 9.53 Å². The summed E-state index contributed by atoms with van der Waals surface area (Å²) >= 11 is 0. The molecule has 0 aromatic carbocycles. The second kappa shape index (κ2) is 5.70. The van der Waals surface area contributed by atoms with E-state index in [-0.39, 0.29) is 31.4 Å². The Hall–Kier alpha value is -1.96. The van der Waals surface area contributed by atoms with Crippen molar-refractivity contribution in [3.63, 3.8) is 0 Å². The molecule has 0 spiro atoms. The molecule has 0 bridgehead atoms. The number of nitrogens with one attached hydrogen (secondary N) is 2. The van der Waals surface area contributed by atoms with E-state index in [0.29, 0.717) is 0 Å². The molecule has 0 radical (unpaired) electrons. The third-order valence-corrected chi connectivity index (χ3v) is 1.41. The second-order valence-corrected chi connectivity index (χ2v) is 2.56. The number of carboxylic acid groups (broad SMARTS) is 1. The Morgan fingerprint density at radius 1 is 1.60 bits per heavy atom. The minimum absolute atomic E-state index is 0.135. The zero-order valence-corrected chi connectivity index (χ0v) is 7.77. The highest BCUT2D eigenvalue weighted by Crippen LogP contribution is 1.86. The van der Waals surface area contributed by atoms with Crippen molar-refractivity contribution >= 4 is 11.9 Å². The summed E-state index contributed by atoms with van der Waals surface area (Å²) in [4.78, 5) is 21.2. The maximum absolute atomic E-state index is 11.2. The molecule has 0 aliphatic heterocycles. The second-order valence-electron chi connectivity index (χ2n) is 2.56. The van der Waals surface area contributed by atoms with Gasteiger partial charge in [0.1, 0.15) is 6.61 Å². The van der Waals surface area contributed by atoms with Crippen LogP contribution in [-0.4, -0.2) is 52.2 Å². The lowest BCUT2D eigenvalue weighted by Crippen LogP contribution is -2.28. The highest BCUT2D eigenvalue weighted by molar-refractivity contribution is 5.91. The van der Waals surface area contributed by atoms with Crippen LogP contribution < -0.4 is 5.32 Å². The van der Waals surface area contributed by atoms with E-state index in [1.807, 2.05) is 0 Å². The molecule has 82 valence electrons. The quantitative estimate of drug-likeness (QED) is 0.503. The van der Waals surface area contributed by atoms with Crippen LogP contribution in [0.15, 0.2) is 6.20 Å². The number of aromatic amines is 1. The summed E-state index contributed by atoms with van der Waals surface area (Å²) < 4.78 is 4.70. The van der Waals surface area contributed by atoms with Crippen LogP contribution in [0.1, 0.15) is 10.5 Å². The van der Waals surface area contributed by atoms with E-state index in [4.69, 9.17) is 9.84 Å². The summed E-state index contributed by atoms with van der Waals surface area (Å²) in [7, 11) is 0. The highest BCUT2D eigenvalue weighted by atomic mass is 16.5. The average molecular weight is 214 g/mol. The van der Waals surface area contributed by atoms with Crippen LogP contribution >= 0.6 is 0 Å². The summed E-state index contributed by atoms with van der Waals surface area (Å²) in [5.41, 5.74) is 0.174. The molecule has 8 heteroatoms. The third kappa shape index (κ3) is 4.18. The molecule has 1 heterocycles. The molecule has 1 rings (SSSR count). The molecule has 0 aliphatic carbocycles. The minimum Gasteiger partial charge on any atom is -0.480 e. The Labute approximate surface area is 84.6 Å². The summed E-state index contributed by atoms with van der Waals surface area (Å²) in [5, 5.41) is 20.0. The van der Waals surface area contributed by atoms with E-state index in [0.717, 1.165) is 0 Å². The van der Waals surface area contributed by atoms with E-state index >= 15 is 0 Å². The number of nitrogens with zero attached hydrogens (tertiary/aromatic N) is 2. The molecule has 1 aromatic heterocycles. The van der Waals surface area contributed by atoms with Crippen molar-refractivity contribution in [3.05, 3.63) is 11.9 Å². The SMILES string of the molecule is O=C(O)COCCNC(=O)c1cn[nH]n1. The van der Waals surface area contributed by atoms with Gasteiger partial charge < -0.3 is 15.2 Å². The number of hydrogen-bond donors (Lipinski definition) is 3. The molecule has 0 aliphatic rings. The minimum atomic E-state index is -1.04. The molecule has 0 fully saturated rings. The summed E-state index contributed by atoms with van der Waals surface area (Å²) in [6.45, 7) is -0.0192. The van der Waals surface area contributed by atoms with Gasteiger partial charge in [0.2, 0.25) is 0 Å². The van der Waals surface area contributed by atoms with Gasteiger partial charge in [-0.25, -0.2) is 4.79 Å². The fourth-order valence-electron chi connectivity index (χ4n) is 0.798. The summed E-state index contributed by atoms with van der Waals surface area (Å²) in [6.07, 6.45) is 1.29. The third-order valence-electron chi connectivity index (χ3n) is 1.41. The molecule has 0 unspecified atom stereocenters. The van der Waals surface area contributed by atoms with Gasteiger partial charge in [0, 0.05) is 6.54 Å². The van der Waals surface area contributed by atoms with E-state index < -0.39 is 5.97 Å². The Balaban J connectivity index is 2.10. The fourth-order valence-corrected chi connectivity index (χ4v) is 0.798. The summed E-state index contributed by atoms with van der Waals surface area (Å²) in [6, 6.07) is 0. The smallest absolute Gasteiger partial charge is 0.329 e. The van der Waals surface area contributed by atoms with Gasteiger partial charge in [-0.05, 0) is 0 Å². The summed E-state index contributed by atoms with van der Waals surface area (Å²) in [5.74, 6) is -1.43. The first-order valence-electron chi connectivity index (χ1n) is 4.13. The van der Waals surface area contributed by atoms with Crippen molar-refractivity contribution in [2.75, 3.05) is 19.8 Å². The Morgan fingerprint density at radius 3 is 3.00 bits per heavy atom. The molecule has 8 nitrogen and oxygen atoms in total. The zero-order chi connectivity index (χ0) is 11.1. The number of carbonyl (C=O) groups excluding carboxylic acids is 1.